The molecule has 0 bridgehead atoms. The summed E-state index contributed by atoms with van der Waals surface area (Å²) in [4.78, 5) is 28.9. The van der Waals surface area contributed by atoms with Gasteiger partial charge in [-0.15, -0.1) is 0 Å². The number of pyridine rings is 2. The molecule has 0 radical (unpaired) electrons. The van der Waals surface area contributed by atoms with Crippen LogP contribution in [-0.4, -0.2) is 29.9 Å². The molecule has 0 spiro atoms. The third kappa shape index (κ3) is 5.02. The number of nitrogens with zero attached hydrogens (tertiary/aromatic N) is 6. The first kappa shape index (κ1) is 27.6. The van der Waals surface area contributed by atoms with Crippen molar-refractivity contribution in [3.63, 3.8) is 0 Å². The molecule has 6 heteroatoms. The first-order chi connectivity index (χ1) is 23.8. The third-order valence-corrected chi connectivity index (χ3v) is 8.63. The van der Waals surface area contributed by atoms with Gasteiger partial charge in [-0.25, -0.2) is 9.97 Å². The first-order valence-corrected chi connectivity index (χ1v) is 15.8. The fourth-order valence-corrected chi connectivity index (χ4v) is 6.33. The van der Waals surface area contributed by atoms with E-state index in [2.05, 4.69) is 93.8 Å². The lowest BCUT2D eigenvalue weighted by atomic mass is 9.92. The first-order valence-electron chi connectivity index (χ1n) is 15.8. The Morgan fingerprint density at radius 1 is 0.354 bits per heavy atom. The number of hydrogen-bond acceptors (Lipinski definition) is 6. The average molecular weight is 615 g/mol. The van der Waals surface area contributed by atoms with Crippen molar-refractivity contribution in [2.24, 2.45) is 0 Å². The van der Waals surface area contributed by atoms with Crippen LogP contribution in [0.15, 0.2) is 158 Å². The Hall–Kier alpha value is -6.66. The summed E-state index contributed by atoms with van der Waals surface area (Å²) in [6.45, 7) is 0. The van der Waals surface area contributed by atoms with E-state index in [9.17, 15) is 0 Å². The maximum Gasteiger partial charge on any atom is 0.160 e. The molecular formula is C42H26N6. The van der Waals surface area contributed by atoms with Crippen LogP contribution in [0, 0.1) is 0 Å². The molecule has 0 amide bonds. The Balaban J connectivity index is 1.33. The molecule has 48 heavy (non-hydrogen) atoms. The maximum atomic E-state index is 5.18. The monoisotopic (exact) mass is 614 g/mol. The van der Waals surface area contributed by atoms with E-state index in [0.29, 0.717) is 5.82 Å². The van der Waals surface area contributed by atoms with Crippen LogP contribution in [0.3, 0.4) is 0 Å². The molecular weight excluding hydrogens is 589 g/mol. The van der Waals surface area contributed by atoms with Crippen LogP contribution in [-0.2, 0) is 0 Å². The van der Waals surface area contributed by atoms with Gasteiger partial charge in [-0.2, -0.15) is 0 Å². The van der Waals surface area contributed by atoms with Gasteiger partial charge in [0.15, 0.2) is 5.82 Å². The minimum atomic E-state index is 0.642. The molecule has 0 unspecified atom stereocenters. The Bertz CT molecular complexity index is 2560. The zero-order chi connectivity index (χ0) is 31.9. The predicted molar refractivity (Wildman–Crippen MR) is 193 cm³/mol. The van der Waals surface area contributed by atoms with E-state index in [1.54, 1.807) is 12.4 Å². The lowest BCUT2D eigenvalue weighted by molar-refractivity contribution is 1.18. The predicted octanol–water partition coefficient (Wildman–Crippen LogP) is 9.85. The summed E-state index contributed by atoms with van der Waals surface area (Å²) in [5.74, 6) is 0.642. The van der Waals surface area contributed by atoms with Gasteiger partial charge in [-0.05, 0) is 76.9 Å². The molecule has 0 fully saturated rings. The highest BCUT2D eigenvalue weighted by atomic mass is 14.9. The normalized spacial score (nSPS) is 11.3. The molecule has 5 aromatic carbocycles. The fraction of sp³-hybridized carbons (Fsp3) is 0. The summed E-state index contributed by atoms with van der Waals surface area (Å²) in [6, 6.07) is 45.7. The second-order valence-electron chi connectivity index (χ2n) is 11.7. The molecule has 6 nitrogen and oxygen atoms in total. The molecule has 0 atom stereocenters. The van der Waals surface area contributed by atoms with Crippen molar-refractivity contribution in [3.05, 3.63) is 158 Å². The topological polar surface area (TPSA) is 77.3 Å². The fourth-order valence-electron chi connectivity index (χ4n) is 6.33. The summed E-state index contributed by atoms with van der Waals surface area (Å²) < 4.78 is 0. The minimum Gasteiger partial charge on any atom is -0.254 e. The summed E-state index contributed by atoms with van der Waals surface area (Å²) in [6.07, 6.45) is 7.09. The van der Waals surface area contributed by atoms with Gasteiger partial charge in [0.2, 0.25) is 0 Å². The van der Waals surface area contributed by atoms with E-state index in [1.807, 2.05) is 67.0 Å². The van der Waals surface area contributed by atoms with Crippen LogP contribution in [0.5, 0.6) is 0 Å². The van der Waals surface area contributed by atoms with Gasteiger partial charge in [-0.3, -0.25) is 19.9 Å². The highest BCUT2D eigenvalue weighted by Gasteiger charge is 2.16. The molecule has 9 rings (SSSR count). The quantitative estimate of drug-likeness (QED) is 0.180. The maximum absolute atomic E-state index is 5.18. The molecule has 9 aromatic rings. The van der Waals surface area contributed by atoms with E-state index in [1.165, 1.54) is 0 Å². The van der Waals surface area contributed by atoms with Gasteiger partial charge < -0.3 is 0 Å². The van der Waals surface area contributed by atoms with Gasteiger partial charge in [-0.1, -0.05) is 78.9 Å². The van der Waals surface area contributed by atoms with Gasteiger partial charge in [0.1, 0.15) is 0 Å². The number of fused-ring (bicyclic) bond motifs is 4. The van der Waals surface area contributed by atoms with E-state index >= 15 is 0 Å². The van der Waals surface area contributed by atoms with E-state index in [4.69, 9.17) is 15.0 Å². The Morgan fingerprint density at radius 3 is 1.75 bits per heavy atom. The van der Waals surface area contributed by atoms with E-state index < -0.39 is 0 Å². The highest BCUT2D eigenvalue weighted by Crippen LogP contribution is 2.38. The summed E-state index contributed by atoms with van der Waals surface area (Å²) in [7, 11) is 0. The summed E-state index contributed by atoms with van der Waals surface area (Å²) >= 11 is 0. The molecule has 0 aliphatic heterocycles. The van der Waals surface area contributed by atoms with Crippen molar-refractivity contribution in [1.82, 2.24) is 29.9 Å². The average Bonchev–Trinajstić information content (AvgIpc) is 3.17. The van der Waals surface area contributed by atoms with Crippen molar-refractivity contribution in [1.29, 1.82) is 0 Å². The second-order valence-corrected chi connectivity index (χ2v) is 11.7. The zero-order valence-electron chi connectivity index (χ0n) is 25.7. The van der Waals surface area contributed by atoms with Crippen molar-refractivity contribution < 1.29 is 0 Å². The molecule has 0 saturated carbocycles. The highest BCUT2D eigenvalue weighted by molar-refractivity contribution is 6.10. The minimum absolute atomic E-state index is 0.642. The van der Waals surface area contributed by atoms with Crippen molar-refractivity contribution in [3.8, 4) is 56.2 Å². The molecule has 4 heterocycles. The number of hydrogen-bond donors (Lipinski definition) is 0. The van der Waals surface area contributed by atoms with Crippen molar-refractivity contribution >= 4 is 32.8 Å². The Labute approximate surface area is 276 Å². The zero-order valence-corrected chi connectivity index (χ0v) is 25.7. The lowest BCUT2D eigenvalue weighted by Crippen LogP contribution is -1.97. The number of benzene rings is 5. The Kier molecular flexibility index (Phi) is 6.68. The molecule has 0 N–H and O–H groups in total. The molecule has 0 aliphatic rings. The van der Waals surface area contributed by atoms with Gasteiger partial charge >= 0.3 is 0 Å². The van der Waals surface area contributed by atoms with Crippen LogP contribution in [0.2, 0.25) is 0 Å². The van der Waals surface area contributed by atoms with E-state index in [-0.39, 0.29) is 0 Å². The molecule has 4 aromatic heterocycles. The third-order valence-electron chi connectivity index (χ3n) is 8.63. The van der Waals surface area contributed by atoms with Gasteiger partial charge in [0.05, 0.1) is 33.5 Å². The van der Waals surface area contributed by atoms with Gasteiger partial charge in [0, 0.05) is 52.3 Å². The summed E-state index contributed by atoms with van der Waals surface area (Å²) in [5.41, 5.74) is 12.3. The van der Waals surface area contributed by atoms with Crippen molar-refractivity contribution in [2.75, 3.05) is 0 Å². The van der Waals surface area contributed by atoms with Crippen LogP contribution in [0.1, 0.15) is 0 Å². The largest absolute Gasteiger partial charge is 0.254 e. The molecule has 224 valence electrons. The van der Waals surface area contributed by atoms with Crippen LogP contribution in [0.25, 0.3) is 89.0 Å². The second kappa shape index (κ2) is 11.6. The molecule has 0 aliphatic carbocycles. The number of rotatable bonds is 5. The summed E-state index contributed by atoms with van der Waals surface area (Å²) in [5, 5.41) is 2.06. The SMILES string of the molecule is c1ccc(-c2cc(-c3ccccc3)nc(-c3cc(-c4ccc5nccnc5c4)cc(-c4cc5cccnc5c5ncccc45)c3)n2)cc1. The van der Waals surface area contributed by atoms with Crippen LogP contribution in [0.4, 0.5) is 0 Å². The molecule has 0 saturated heterocycles. The van der Waals surface area contributed by atoms with E-state index in [0.717, 1.165) is 83.2 Å². The van der Waals surface area contributed by atoms with Crippen molar-refractivity contribution in [2.45, 2.75) is 0 Å². The number of aromatic nitrogens is 6. The smallest absolute Gasteiger partial charge is 0.160 e. The van der Waals surface area contributed by atoms with Gasteiger partial charge in [0.25, 0.3) is 0 Å². The lowest BCUT2D eigenvalue weighted by Gasteiger charge is -2.15. The van der Waals surface area contributed by atoms with Crippen LogP contribution >= 0.6 is 0 Å². The standard InChI is InChI=1S/C42H26N6/c1-3-9-27(10-4-1)37-26-38(28-11-5-2-6-12-28)48-42(47-37)33-22-31(29-15-16-36-39(25-29)44-20-19-43-36)21-32(23-33)35-24-30-13-7-17-45-40(30)41-34(35)14-8-18-46-41/h1-26H. The van der Waals surface area contributed by atoms with Crippen LogP contribution < -0.4 is 0 Å². The Morgan fingerprint density at radius 2 is 1.00 bits per heavy atom.